The number of ether oxygens (including phenoxy) is 2. The van der Waals surface area contributed by atoms with Crippen LogP contribution in [0.5, 0.6) is 5.75 Å². The Morgan fingerprint density at radius 1 is 1.50 bits per heavy atom. The number of methoxy groups -OCH3 is 1. The fraction of sp³-hybridized carbons (Fsp3) is 0.533. The van der Waals surface area contributed by atoms with Crippen molar-refractivity contribution in [1.82, 2.24) is 10.6 Å². The summed E-state index contributed by atoms with van der Waals surface area (Å²) in [6, 6.07) is 6.34. The van der Waals surface area contributed by atoms with E-state index in [0.717, 1.165) is 18.8 Å². The molecule has 0 aromatic heterocycles. The highest BCUT2D eigenvalue weighted by Crippen LogP contribution is 2.27. The minimum Gasteiger partial charge on any atom is -0.493 e. The van der Waals surface area contributed by atoms with E-state index in [1.165, 1.54) is 11.1 Å². The van der Waals surface area contributed by atoms with Gasteiger partial charge in [-0.2, -0.15) is 0 Å². The lowest BCUT2D eigenvalue weighted by Crippen LogP contribution is -2.36. The molecule has 5 nitrogen and oxygen atoms in total. The van der Waals surface area contributed by atoms with Crippen molar-refractivity contribution >= 4 is 5.91 Å². The smallest absolute Gasteiger partial charge is 0.234 e. The fourth-order valence-corrected chi connectivity index (χ4v) is 2.19. The molecule has 1 aromatic rings. The number of hydrogen-bond acceptors (Lipinski definition) is 4. The Morgan fingerprint density at radius 2 is 2.35 bits per heavy atom. The molecule has 2 rings (SSSR count). The van der Waals surface area contributed by atoms with E-state index in [-0.39, 0.29) is 11.9 Å². The Balaban J connectivity index is 1.80. The SMILES string of the molecule is COCCNC(=O)CNC(C)c1ccc2c(c1)CCO2. The zero-order valence-corrected chi connectivity index (χ0v) is 12.1. The fourth-order valence-electron chi connectivity index (χ4n) is 2.19. The molecule has 0 spiro atoms. The Kier molecular flexibility index (Phi) is 5.38. The summed E-state index contributed by atoms with van der Waals surface area (Å²) < 4.78 is 10.4. The van der Waals surface area contributed by atoms with Crippen LogP contribution in [0.15, 0.2) is 18.2 Å². The Hall–Kier alpha value is -1.59. The van der Waals surface area contributed by atoms with Gasteiger partial charge in [0.15, 0.2) is 0 Å². The molecule has 1 aromatic carbocycles. The molecule has 0 bridgehead atoms. The molecular formula is C15H22N2O3. The zero-order chi connectivity index (χ0) is 14.4. The van der Waals surface area contributed by atoms with Crippen LogP contribution in [0, 0.1) is 0 Å². The van der Waals surface area contributed by atoms with Crippen molar-refractivity contribution in [1.29, 1.82) is 0 Å². The molecular weight excluding hydrogens is 256 g/mol. The van der Waals surface area contributed by atoms with E-state index in [2.05, 4.69) is 23.6 Å². The van der Waals surface area contributed by atoms with Crippen molar-refractivity contribution in [3.05, 3.63) is 29.3 Å². The van der Waals surface area contributed by atoms with Crippen LogP contribution in [0.25, 0.3) is 0 Å². The van der Waals surface area contributed by atoms with Gasteiger partial charge >= 0.3 is 0 Å². The predicted molar refractivity (Wildman–Crippen MR) is 76.9 cm³/mol. The van der Waals surface area contributed by atoms with Gasteiger partial charge in [0.05, 0.1) is 19.8 Å². The molecule has 0 saturated carbocycles. The van der Waals surface area contributed by atoms with Crippen LogP contribution in [0.4, 0.5) is 0 Å². The first kappa shape index (κ1) is 14.8. The average molecular weight is 278 g/mol. The maximum atomic E-state index is 11.6. The van der Waals surface area contributed by atoms with Crippen molar-refractivity contribution in [3.8, 4) is 5.75 Å². The zero-order valence-electron chi connectivity index (χ0n) is 12.1. The lowest BCUT2D eigenvalue weighted by atomic mass is 10.0. The minimum absolute atomic E-state index is 0.0154. The second-order valence-corrected chi connectivity index (χ2v) is 4.91. The molecule has 1 aliphatic rings. The highest BCUT2D eigenvalue weighted by Gasteiger charge is 2.14. The Bertz CT molecular complexity index is 462. The van der Waals surface area contributed by atoms with Crippen LogP contribution in [0.2, 0.25) is 0 Å². The Labute approximate surface area is 119 Å². The van der Waals surface area contributed by atoms with Gasteiger partial charge in [0.2, 0.25) is 5.91 Å². The maximum Gasteiger partial charge on any atom is 0.234 e. The van der Waals surface area contributed by atoms with Crippen LogP contribution in [-0.2, 0) is 16.0 Å². The summed E-state index contributed by atoms with van der Waals surface area (Å²) in [7, 11) is 1.62. The summed E-state index contributed by atoms with van der Waals surface area (Å²) in [5.41, 5.74) is 2.43. The lowest BCUT2D eigenvalue weighted by Gasteiger charge is -2.15. The molecule has 0 saturated heterocycles. The van der Waals surface area contributed by atoms with Crippen LogP contribution >= 0.6 is 0 Å². The van der Waals surface area contributed by atoms with Crippen LogP contribution in [-0.4, -0.2) is 39.3 Å². The average Bonchev–Trinajstić information content (AvgIpc) is 2.92. The van der Waals surface area contributed by atoms with Crippen molar-refractivity contribution in [2.45, 2.75) is 19.4 Å². The summed E-state index contributed by atoms with van der Waals surface area (Å²) in [5.74, 6) is 0.969. The van der Waals surface area contributed by atoms with E-state index in [1.807, 2.05) is 12.1 Å². The van der Waals surface area contributed by atoms with Crippen LogP contribution in [0.3, 0.4) is 0 Å². The highest BCUT2D eigenvalue weighted by molar-refractivity contribution is 5.78. The van der Waals surface area contributed by atoms with Gasteiger partial charge < -0.3 is 20.1 Å². The van der Waals surface area contributed by atoms with Crippen LogP contribution in [0.1, 0.15) is 24.1 Å². The quantitative estimate of drug-likeness (QED) is 0.732. The van der Waals surface area contributed by atoms with Crippen molar-refractivity contribution < 1.29 is 14.3 Å². The minimum atomic E-state index is -0.0154. The number of fused-ring (bicyclic) bond motifs is 1. The molecule has 1 amide bonds. The largest absolute Gasteiger partial charge is 0.493 e. The number of benzene rings is 1. The molecule has 2 N–H and O–H groups in total. The monoisotopic (exact) mass is 278 g/mol. The van der Waals surface area contributed by atoms with E-state index in [4.69, 9.17) is 9.47 Å². The second-order valence-electron chi connectivity index (χ2n) is 4.91. The molecule has 0 aliphatic carbocycles. The summed E-state index contributed by atoms with van der Waals surface area (Å²) in [5, 5.41) is 6.01. The third kappa shape index (κ3) is 3.95. The van der Waals surface area contributed by atoms with Gasteiger partial charge in [-0.25, -0.2) is 0 Å². The first-order chi connectivity index (χ1) is 9.70. The highest BCUT2D eigenvalue weighted by atomic mass is 16.5. The molecule has 20 heavy (non-hydrogen) atoms. The number of amides is 1. The number of carbonyl (C=O) groups excluding carboxylic acids is 1. The third-order valence-corrected chi connectivity index (χ3v) is 3.41. The topological polar surface area (TPSA) is 59.6 Å². The first-order valence-corrected chi connectivity index (χ1v) is 6.95. The van der Waals surface area contributed by atoms with Gasteiger partial charge in [0.25, 0.3) is 0 Å². The molecule has 0 radical (unpaired) electrons. The second kappa shape index (κ2) is 7.26. The van der Waals surface area contributed by atoms with Gasteiger partial charge in [-0.1, -0.05) is 12.1 Å². The van der Waals surface area contributed by atoms with Gasteiger partial charge in [-0.3, -0.25) is 4.79 Å². The van der Waals surface area contributed by atoms with Gasteiger partial charge in [-0.05, 0) is 24.1 Å². The van der Waals surface area contributed by atoms with E-state index in [9.17, 15) is 4.79 Å². The number of carbonyl (C=O) groups is 1. The van der Waals surface area contributed by atoms with Gasteiger partial charge in [0.1, 0.15) is 5.75 Å². The summed E-state index contributed by atoms with van der Waals surface area (Å²) >= 11 is 0. The van der Waals surface area contributed by atoms with E-state index in [1.54, 1.807) is 7.11 Å². The maximum absolute atomic E-state index is 11.6. The van der Waals surface area contributed by atoms with Crippen LogP contribution < -0.4 is 15.4 Å². The van der Waals surface area contributed by atoms with E-state index in [0.29, 0.717) is 19.7 Å². The number of rotatable bonds is 7. The molecule has 5 heteroatoms. The molecule has 1 aliphatic heterocycles. The number of hydrogen-bond donors (Lipinski definition) is 2. The summed E-state index contributed by atoms with van der Waals surface area (Å²) in [4.78, 5) is 11.6. The standard InChI is InChI=1S/C15H22N2O3/c1-11(17-10-15(18)16-6-8-19-2)12-3-4-14-13(9-12)5-7-20-14/h3-4,9,11,17H,5-8,10H2,1-2H3,(H,16,18). The normalized spacial score (nSPS) is 14.5. The Morgan fingerprint density at radius 3 is 3.15 bits per heavy atom. The molecule has 1 atom stereocenters. The third-order valence-electron chi connectivity index (χ3n) is 3.41. The summed E-state index contributed by atoms with van der Waals surface area (Å²) in [6.07, 6.45) is 0.966. The van der Waals surface area contributed by atoms with Gasteiger partial charge in [0, 0.05) is 26.1 Å². The van der Waals surface area contributed by atoms with E-state index >= 15 is 0 Å². The molecule has 1 heterocycles. The van der Waals surface area contributed by atoms with Crippen molar-refractivity contribution in [2.75, 3.05) is 33.4 Å². The lowest BCUT2D eigenvalue weighted by molar-refractivity contribution is -0.120. The number of nitrogens with one attached hydrogen (secondary N) is 2. The first-order valence-electron chi connectivity index (χ1n) is 6.95. The molecule has 0 fully saturated rings. The predicted octanol–water partition coefficient (Wildman–Crippen LogP) is 1.03. The molecule has 110 valence electrons. The van der Waals surface area contributed by atoms with Crippen molar-refractivity contribution in [2.24, 2.45) is 0 Å². The summed E-state index contributed by atoms with van der Waals surface area (Å²) in [6.45, 7) is 4.20. The van der Waals surface area contributed by atoms with Crippen molar-refractivity contribution in [3.63, 3.8) is 0 Å². The van der Waals surface area contributed by atoms with E-state index < -0.39 is 0 Å². The van der Waals surface area contributed by atoms with Gasteiger partial charge in [-0.15, -0.1) is 0 Å². The molecule has 1 unspecified atom stereocenters.